The highest BCUT2D eigenvalue weighted by atomic mass is 16.5. The smallest absolute Gasteiger partial charge is 0.182 e. The van der Waals surface area contributed by atoms with Crippen LogP contribution in [-0.4, -0.2) is 42.4 Å². The second-order valence-electron chi connectivity index (χ2n) is 6.52. The van der Waals surface area contributed by atoms with Crippen molar-refractivity contribution < 1.29 is 4.74 Å². The summed E-state index contributed by atoms with van der Waals surface area (Å²) in [6, 6.07) is 9.41. The molecule has 0 radical (unpaired) electrons. The summed E-state index contributed by atoms with van der Waals surface area (Å²) in [7, 11) is 1.88. The number of ether oxygens (including phenoxy) is 1. The Bertz CT molecular complexity index is 1080. The van der Waals surface area contributed by atoms with E-state index in [0.717, 1.165) is 28.3 Å². The summed E-state index contributed by atoms with van der Waals surface area (Å²) in [5, 5.41) is 8.79. The van der Waals surface area contributed by atoms with Gasteiger partial charge in [0.15, 0.2) is 11.5 Å². The van der Waals surface area contributed by atoms with Crippen molar-refractivity contribution >= 4 is 16.9 Å². The molecule has 0 aromatic carbocycles. The number of nitrogens with one attached hydrogen (secondary N) is 1. The largest absolute Gasteiger partial charge is 0.487 e. The molecule has 4 aromatic heterocycles. The zero-order valence-electron chi connectivity index (χ0n) is 16.0. The van der Waals surface area contributed by atoms with Gasteiger partial charge in [-0.2, -0.15) is 5.10 Å². The predicted octanol–water partition coefficient (Wildman–Crippen LogP) is 3.01. The van der Waals surface area contributed by atoms with Crippen LogP contribution in [0.25, 0.3) is 22.6 Å². The summed E-state index contributed by atoms with van der Waals surface area (Å²) < 4.78 is 7.66. The lowest BCUT2D eigenvalue weighted by Gasteiger charge is -2.16. The first-order valence-electron chi connectivity index (χ1n) is 9.05. The van der Waals surface area contributed by atoms with Crippen LogP contribution in [0.2, 0.25) is 0 Å². The fraction of sp³-hybridized carbons (Fsp3) is 0.250. The number of fused-ring (bicyclic) bond motifs is 1. The molecule has 4 rings (SSSR count). The number of anilines is 1. The van der Waals surface area contributed by atoms with Gasteiger partial charge in [0.05, 0.1) is 23.8 Å². The van der Waals surface area contributed by atoms with Crippen LogP contribution in [0.15, 0.2) is 48.9 Å². The number of aromatic nitrogens is 6. The van der Waals surface area contributed by atoms with Crippen LogP contribution < -0.4 is 10.1 Å². The molecule has 0 aliphatic heterocycles. The molecule has 1 N–H and O–H groups in total. The Labute approximate surface area is 162 Å². The van der Waals surface area contributed by atoms with Crippen molar-refractivity contribution in [1.29, 1.82) is 0 Å². The van der Waals surface area contributed by atoms with E-state index in [-0.39, 0.29) is 6.10 Å². The Kier molecular flexibility index (Phi) is 4.84. The molecule has 0 spiro atoms. The molecule has 4 aromatic rings. The first-order chi connectivity index (χ1) is 13.6. The molecule has 1 atom stereocenters. The van der Waals surface area contributed by atoms with Gasteiger partial charge in [0, 0.05) is 19.4 Å². The molecular weight excluding hydrogens is 354 g/mol. The van der Waals surface area contributed by atoms with Crippen LogP contribution in [-0.2, 0) is 7.05 Å². The molecular formula is C20H21N7O. The Balaban J connectivity index is 1.63. The lowest BCUT2D eigenvalue weighted by molar-refractivity contribution is 0.234. The molecule has 142 valence electrons. The second kappa shape index (κ2) is 7.59. The highest BCUT2D eigenvalue weighted by Gasteiger charge is 2.17. The van der Waals surface area contributed by atoms with Crippen LogP contribution in [0.5, 0.6) is 5.75 Å². The fourth-order valence-corrected chi connectivity index (χ4v) is 3.01. The third-order valence-corrected chi connectivity index (χ3v) is 4.28. The van der Waals surface area contributed by atoms with Gasteiger partial charge in [-0.3, -0.25) is 14.6 Å². The maximum atomic E-state index is 5.90. The average Bonchev–Trinajstić information content (AvgIpc) is 3.01. The molecule has 8 nitrogen and oxygen atoms in total. The van der Waals surface area contributed by atoms with Gasteiger partial charge < -0.3 is 10.1 Å². The minimum atomic E-state index is -0.0792. The van der Waals surface area contributed by atoms with Gasteiger partial charge in [0.25, 0.3) is 0 Å². The zero-order chi connectivity index (χ0) is 19.5. The van der Waals surface area contributed by atoms with E-state index in [2.05, 4.69) is 25.4 Å². The maximum absolute atomic E-state index is 5.90. The number of hydrogen-bond donors (Lipinski definition) is 1. The Hall–Kier alpha value is -3.55. The monoisotopic (exact) mass is 375 g/mol. The number of rotatable bonds is 6. The van der Waals surface area contributed by atoms with Crippen LogP contribution in [0.4, 0.5) is 5.82 Å². The van der Waals surface area contributed by atoms with Crippen LogP contribution >= 0.6 is 0 Å². The molecule has 0 unspecified atom stereocenters. The van der Waals surface area contributed by atoms with Gasteiger partial charge in [-0.15, -0.1) is 0 Å². The van der Waals surface area contributed by atoms with Crippen molar-refractivity contribution in [2.75, 3.05) is 11.9 Å². The molecule has 0 aliphatic carbocycles. The lowest BCUT2D eigenvalue weighted by Crippen LogP contribution is -2.23. The number of pyridine rings is 2. The molecule has 0 saturated carbocycles. The van der Waals surface area contributed by atoms with Crippen molar-refractivity contribution in [3.8, 4) is 17.3 Å². The van der Waals surface area contributed by atoms with Crippen LogP contribution in [0.3, 0.4) is 0 Å². The summed E-state index contributed by atoms with van der Waals surface area (Å²) in [6.45, 7) is 4.51. The molecule has 8 heteroatoms. The summed E-state index contributed by atoms with van der Waals surface area (Å²) in [6.07, 6.45) is 5.07. The van der Waals surface area contributed by atoms with E-state index in [9.17, 15) is 0 Å². The molecule has 0 amide bonds. The standard InChI is InChI=1S/C20H21N7O/c1-13(28-15-7-6-9-21-12-15)11-23-19-17-14(2)26-27(3)20(17)25-18(24-19)16-8-4-5-10-22-16/h4-10,12-13H,11H2,1-3H3,(H,23,24,25)/t13-/m1/s1. The second-order valence-corrected chi connectivity index (χ2v) is 6.52. The quantitative estimate of drug-likeness (QED) is 0.554. The molecule has 4 heterocycles. The van der Waals surface area contributed by atoms with Gasteiger partial charge in [0.1, 0.15) is 23.4 Å². The maximum Gasteiger partial charge on any atom is 0.182 e. The predicted molar refractivity (Wildman–Crippen MR) is 107 cm³/mol. The van der Waals surface area contributed by atoms with E-state index in [1.807, 2.05) is 51.2 Å². The SMILES string of the molecule is Cc1nn(C)c2nc(-c3ccccn3)nc(NC[C@@H](C)Oc3cccnc3)c12. The van der Waals surface area contributed by atoms with Crippen LogP contribution in [0.1, 0.15) is 12.6 Å². The van der Waals surface area contributed by atoms with Crippen molar-refractivity contribution in [3.05, 3.63) is 54.6 Å². The van der Waals surface area contributed by atoms with Crippen molar-refractivity contribution in [2.45, 2.75) is 20.0 Å². The van der Waals surface area contributed by atoms with E-state index >= 15 is 0 Å². The summed E-state index contributed by atoms with van der Waals surface area (Å²) in [4.78, 5) is 17.8. The first kappa shape index (κ1) is 17.8. The fourth-order valence-electron chi connectivity index (χ4n) is 3.01. The minimum absolute atomic E-state index is 0.0792. The van der Waals surface area contributed by atoms with E-state index in [4.69, 9.17) is 9.72 Å². The highest BCUT2D eigenvalue weighted by Crippen LogP contribution is 2.26. The third kappa shape index (κ3) is 3.62. The molecule has 0 saturated heterocycles. The third-order valence-electron chi connectivity index (χ3n) is 4.28. The summed E-state index contributed by atoms with van der Waals surface area (Å²) >= 11 is 0. The molecule has 28 heavy (non-hydrogen) atoms. The Morgan fingerprint density at radius 3 is 2.79 bits per heavy atom. The first-order valence-corrected chi connectivity index (χ1v) is 9.05. The average molecular weight is 375 g/mol. The van der Waals surface area contributed by atoms with Gasteiger partial charge >= 0.3 is 0 Å². The number of hydrogen-bond acceptors (Lipinski definition) is 7. The summed E-state index contributed by atoms with van der Waals surface area (Å²) in [5.74, 6) is 2.01. The van der Waals surface area contributed by atoms with Gasteiger partial charge in [-0.05, 0) is 38.1 Å². The minimum Gasteiger partial charge on any atom is -0.487 e. The van der Waals surface area contributed by atoms with Gasteiger partial charge in [-0.1, -0.05) is 6.07 Å². The number of nitrogens with zero attached hydrogens (tertiary/aromatic N) is 6. The number of aryl methyl sites for hydroxylation is 2. The highest BCUT2D eigenvalue weighted by molar-refractivity contribution is 5.90. The molecule has 0 bridgehead atoms. The summed E-state index contributed by atoms with van der Waals surface area (Å²) in [5.41, 5.74) is 2.34. The molecule has 0 fully saturated rings. The van der Waals surface area contributed by atoms with E-state index in [1.165, 1.54) is 0 Å². The van der Waals surface area contributed by atoms with Crippen molar-refractivity contribution in [1.82, 2.24) is 29.7 Å². The zero-order valence-corrected chi connectivity index (χ0v) is 16.0. The van der Waals surface area contributed by atoms with Crippen molar-refractivity contribution in [3.63, 3.8) is 0 Å². The molecule has 0 aliphatic rings. The Morgan fingerprint density at radius 1 is 1.14 bits per heavy atom. The van der Waals surface area contributed by atoms with Gasteiger partial charge in [-0.25, -0.2) is 9.97 Å². The Morgan fingerprint density at radius 2 is 2.04 bits per heavy atom. The van der Waals surface area contributed by atoms with Crippen LogP contribution in [0, 0.1) is 6.92 Å². The lowest BCUT2D eigenvalue weighted by atomic mass is 10.2. The van der Waals surface area contributed by atoms with E-state index in [1.54, 1.807) is 23.3 Å². The van der Waals surface area contributed by atoms with Gasteiger partial charge in [0.2, 0.25) is 0 Å². The van der Waals surface area contributed by atoms with E-state index < -0.39 is 0 Å². The topological polar surface area (TPSA) is 90.6 Å². The normalized spacial score (nSPS) is 12.1. The van der Waals surface area contributed by atoms with E-state index in [0.29, 0.717) is 18.1 Å². The van der Waals surface area contributed by atoms with Crippen molar-refractivity contribution in [2.24, 2.45) is 7.05 Å².